The van der Waals surface area contributed by atoms with Crippen LogP contribution in [0, 0.1) is 10.1 Å². The largest absolute Gasteiger partial charge is 0.270 e. The Labute approximate surface area is 128 Å². The average Bonchev–Trinajstić information content (AvgIpc) is 2.54. The molecule has 0 aliphatic carbocycles. The van der Waals surface area contributed by atoms with Gasteiger partial charge in [0.25, 0.3) is 5.69 Å². The maximum atomic E-state index is 11.0. The zero-order valence-electron chi connectivity index (χ0n) is 12.3. The van der Waals surface area contributed by atoms with Crippen molar-refractivity contribution in [2.45, 2.75) is 19.8 Å². The first-order valence-corrected chi connectivity index (χ1v) is 7.31. The summed E-state index contributed by atoms with van der Waals surface area (Å²) >= 11 is 0. The van der Waals surface area contributed by atoms with Gasteiger partial charge in [0.05, 0.1) is 10.4 Å². The van der Waals surface area contributed by atoms with Gasteiger partial charge in [0.15, 0.2) is 0 Å². The standard InChI is InChI=1S/C18H16N2O2/c1-2-5-13-10-15-7-4-9-19-18(15)17(11-13)14-6-3-8-16(12-14)20(21)22/h3-4,6-12H,2,5H2,1H3. The minimum Gasteiger partial charge on any atom is -0.258 e. The van der Waals surface area contributed by atoms with Crippen LogP contribution in [-0.2, 0) is 6.42 Å². The average molecular weight is 292 g/mol. The summed E-state index contributed by atoms with van der Waals surface area (Å²) in [6.45, 7) is 2.14. The van der Waals surface area contributed by atoms with Gasteiger partial charge in [-0.3, -0.25) is 15.1 Å². The van der Waals surface area contributed by atoms with E-state index in [2.05, 4.69) is 24.0 Å². The van der Waals surface area contributed by atoms with E-state index in [1.807, 2.05) is 18.2 Å². The van der Waals surface area contributed by atoms with Gasteiger partial charge in [-0.2, -0.15) is 0 Å². The Morgan fingerprint density at radius 3 is 2.77 bits per heavy atom. The lowest BCUT2D eigenvalue weighted by atomic mass is 9.97. The highest BCUT2D eigenvalue weighted by Gasteiger charge is 2.11. The molecule has 4 heteroatoms. The lowest BCUT2D eigenvalue weighted by molar-refractivity contribution is -0.384. The molecule has 0 aliphatic rings. The van der Waals surface area contributed by atoms with Crippen molar-refractivity contribution < 1.29 is 4.92 Å². The van der Waals surface area contributed by atoms with E-state index in [1.54, 1.807) is 18.3 Å². The first-order chi connectivity index (χ1) is 10.7. The zero-order valence-corrected chi connectivity index (χ0v) is 12.3. The molecule has 0 saturated carbocycles. The van der Waals surface area contributed by atoms with Crippen molar-refractivity contribution in [3.63, 3.8) is 0 Å². The van der Waals surface area contributed by atoms with E-state index in [9.17, 15) is 10.1 Å². The number of aromatic nitrogens is 1. The Morgan fingerprint density at radius 1 is 1.14 bits per heavy atom. The van der Waals surface area contributed by atoms with Crippen LogP contribution in [0.5, 0.6) is 0 Å². The minimum atomic E-state index is -0.366. The molecule has 1 aromatic heterocycles. The van der Waals surface area contributed by atoms with Crippen LogP contribution in [0.2, 0.25) is 0 Å². The quantitative estimate of drug-likeness (QED) is 0.514. The molecule has 0 aliphatic heterocycles. The third-order valence-electron chi connectivity index (χ3n) is 3.67. The van der Waals surface area contributed by atoms with Crippen LogP contribution >= 0.6 is 0 Å². The molecular formula is C18H16N2O2. The smallest absolute Gasteiger partial charge is 0.258 e. The lowest BCUT2D eigenvalue weighted by Crippen LogP contribution is -1.92. The van der Waals surface area contributed by atoms with E-state index in [-0.39, 0.29) is 10.6 Å². The number of hydrogen-bond donors (Lipinski definition) is 0. The number of non-ortho nitro benzene ring substituents is 1. The fourth-order valence-corrected chi connectivity index (χ4v) is 2.69. The number of nitro benzene ring substituents is 1. The predicted molar refractivity (Wildman–Crippen MR) is 87.8 cm³/mol. The predicted octanol–water partition coefficient (Wildman–Crippen LogP) is 4.76. The molecular weight excluding hydrogens is 276 g/mol. The van der Waals surface area contributed by atoms with Gasteiger partial charge in [-0.1, -0.05) is 31.5 Å². The number of aryl methyl sites for hydroxylation is 1. The molecule has 0 unspecified atom stereocenters. The number of nitro groups is 1. The monoisotopic (exact) mass is 292 g/mol. The number of pyridine rings is 1. The SMILES string of the molecule is CCCc1cc(-c2cccc([N+](=O)[O-])c2)c2ncccc2c1. The molecule has 0 spiro atoms. The minimum absolute atomic E-state index is 0.0995. The van der Waals surface area contributed by atoms with Crippen LogP contribution in [0.3, 0.4) is 0 Å². The molecule has 0 atom stereocenters. The molecule has 0 fully saturated rings. The fourth-order valence-electron chi connectivity index (χ4n) is 2.69. The summed E-state index contributed by atoms with van der Waals surface area (Å²) < 4.78 is 0. The van der Waals surface area contributed by atoms with E-state index in [1.165, 1.54) is 11.6 Å². The van der Waals surface area contributed by atoms with Gasteiger partial charge < -0.3 is 0 Å². The van der Waals surface area contributed by atoms with Crippen molar-refractivity contribution >= 4 is 16.6 Å². The fraction of sp³-hybridized carbons (Fsp3) is 0.167. The summed E-state index contributed by atoms with van der Waals surface area (Å²) in [7, 11) is 0. The maximum Gasteiger partial charge on any atom is 0.270 e. The normalized spacial score (nSPS) is 10.8. The van der Waals surface area contributed by atoms with Crippen molar-refractivity contribution in [1.29, 1.82) is 0 Å². The Morgan fingerprint density at radius 2 is 2.00 bits per heavy atom. The van der Waals surface area contributed by atoms with Crippen LogP contribution in [0.25, 0.3) is 22.0 Å². The molecule has 22 heavy (non-hydrogen) atoms. The van der Waals surface area contributed by atoms with Gasteiger partial charge in [0.1, 0.15) is 0 Å². The second kappa shape index (κ2) is 5.93. The summed E-state index contributed by atoms with van der Waals surface area (Å²) in [4.78, 5) is 15.1. The van der Waals surface area contributed by atoms with Crippen LogP contribution in [0.15, 0.2) is 54.7 Å². The van der Waals surface area contributed by atoms with Crippen molar-refractivity contribution in [3.05, 3.63) is 70.4 Å². The number of nitrogens with zero attached hydrogens (tertiary/aromatic N) is 2. The topological polar surface area (TPSA) is 56.0 Å². The Balaban J connectivity index is 2.24. The highest BCUT2D eigenvalue weighted by Crippen LogP contribution is 2.31. The van der Waals surface area contributed by atoms with Crippen molar-refractivity contribution in [1.82, 2.24) is 4.98 Å². The summed E-state index contributed by atoms with van der Waals surface area (Å²) in [5.74, 6) is 0. The van der Waals surface area contributed by atoms with E-state index >= 15 is 0 Å². The third kappa shape index (κ3) is 2.68. The van der Waals surface area contributed by atoms with E-state index < -0.39 is 0 Å². The van der Waals surface area contributed by atoms with Crippen molar-refractivity contribution in [2.24, 2.45) is 0 Å². The van der Waals surface area contributed by atoms with Gasteiger partial charge in [-0.05, 0) is 35.7 Å². The molecule has 110 valence electrons. The first-order valence-electron chi connectivity index (χ1n) is 7.31. The van der Waals surface area contributed by atoms with Crippen LogP contribution in [0.4, 0.5) is 5.69 Å². The molecule has 3 aromatic rings. The van der Waals surface area contributed by atoms with E-state index in [0.29, 0.717) is 0 Å². The van der Waals surface area contributed by atoms with E-state index in [4.69, 9.17) is 0 Å². The summed E-state index contributed by atoms with van der Waals surface area (Å²) in [5.41, 5.74) is 3.98. The Kier molecular flexibility index (Phi) is 3.83. The van der Waals surface area contributed by atoms with Gasteiger partial charge in [-0.15, -0.1) is 0 Å². The second-order valence-electron chi connectivity index (χ2n) is 5.28. The lowest BCUT2D eigenvalue weighted by Gasteiger charge is -2.09. The summed E-state index contributed by atoms with van der Waals surface area (Å²) in [6.07, 6.45) is 3.79. The Hall–Kier alpha value is -2.75. The van der Waals surface area contributed by atoms with Gasteiger partial charge >= 0.3 is 0 Å². The van der Waals surface area contributed by atoms with E-state index in [0.717, 1.165) is 34.9 Å². The molecule has 4 nitrogen and oxygen atoms in total. The number of benzene rings is 2. The molecule has 3 rings (SSSR count). The van der Waals surface area contributed by atoms with Crippen LogP contribution in [-0.4, -0.2) is 9.91 Å². The highest BCUT2D eigenvalue weighted by molar-refractivity contribution is 5.94. The summed E-state index contributed by atoms with van der Waals surface area (Å²) in [5, 5.41) is 12.1. The van der Waals surface area contributed by atoms with Gasteiger partial charge in [-0.25, -0.2) is 0 Å². The first kappa shape index (κ1) is 14.2. The zero-order chi connectivity index (χ0) is 15.5. The molecule has 0 amide bonds. The van der Waals surface area contributed by atoms with Crippen LogP contribution in [0.1, 0.15) is 18.9 Å². The van der Waals surface area contributed by atoms with Gasteiger partial charge in [0, 0.05) is 29.3 Å². The van der Waals surface area contributed by atoms with Crippen molar-refractivity contribution in [2.75, 3.05) is 0 Å². The molecule has 1 heterocycles. The molecule has 0 N–H and O–H groups in total. The molecule has 0 bridgehead atoms. The number of fused-ring (bicyclic) bond motifs is 1. The highest BCUT2D eigenvalue weighted by atomic mass is 16.6. The van der Waals surface area contributed by atoms with Gasteiger partial charge in [0.2, 0.25) is 0 Å². The Bertz CT molecular complexity index is 843. The molecule has 0 radical (unpaired) electrons. The van der Waals surface area contributed by atoms with Crippen LogP contribution < -0.4 is 0 Å². The molecule has 2 aromatic carbocycles. The third-order valence-corrected chi connectivity index (χ3v) is 3.67. The summed E-state index contributed by atoms with van der Waals surface area (Å²) in [6, 6.07) is 14.9. The maximum absolute atomic E-state index is 11.0. The van der Waals surface area contributed by atoms with Crippen molar-refractivity contribution in [3.8, 4) is 11.1 Å². The molecule has 0 saturated heterocycles. The second-order valence-corrected chi connectivity index (χ2v) is 5.28. The number of hydrogen-bond acceptors (Lipinski definition) is 3. The number of rotatable bonds is 4.